The average molecular weight is 294 g/mol. The molecular formula is C15H13Cl2NO. The first-order chi connectivity index (χ1) is 9.15. The monoisotopic (exact) mass is 293 g/mol. The summed E-state index contributed by atoms with van der Waals surface area (Å²) in [6.45, 7) is 0. The van der Waals surface area contributed by atoms with Crippen molar-refractivity contribution in [3.63, 3.8) is 0 Å². The van der Waals surface area contributed by atoms with E-state index in [-0.39, 0.29) is 5.91 Å². The minimum Gasteiger partial charge on any atom is -0.326 e. The molecule has 0 aromatic heterocycles. The van der Waals surface area contributed by atoms with Crippen molar-refractivity contribution in [3.05, 3.63) is 64.1 Å². The van der Waals surface area contributed by atoms with Crippen LogP contribution in [-0.4, -0.2) is 5.91 Å². The number of halogens is 2. The second kappa shape index (κ2) is 6.60. The minimum atomic E-state index is -0.0164. The molecule has 0 heterocycles. The van der Waals surface area contributed by atoms with Crippen molar-refractivity contribution in [1.29, 1.82) is 0 Å². The molecule has 0 saturated heterocycles. The lowest BCUT2D eigenvalue weighted by atomic mass is 10.1. The highest BCUT2D eigenvalue weighted by Crippen LogP contribution is 2.23. The van der Waals surface area contributed by atoms with Gasteiger partial charge in [-0.3, -0.25) is 4.79 Å². The average Bonchev–Trinajstić information content (AvgIpc) is 2.41. The smallest absolute Gasteiger partial charge is 0.224 e. The summed E-state index contributed by atoms with van der Waals surface area (Å²) in [6.07, 6.45) is 1.04. The maximum absolute atomic E-state index is 11.8. The van der Waals surface area contributed by atoms with Crippen molar-refractivity contribution in [2.75, 3.05) is 5.32 Å². The topological polar surface area (TPSA) is 29.1 Å². The van der Waals surface area contributed by atoms with E-state index in [9.17, 15) is 4.79 Å². The van der Waals surface area contributed by atoms with Crippen LogP contribution in [0, 0.1) is 0 Å². The largest absolute Gasteiger partial charge is 0.326 e. The van der Waals surface area contributed by atoms with E-state index in [1.165, 1.54) is 0 Å². The van der Waals surface area contributed by atoms with Crippen LogP contribution in [0.15, 0.2) is 48.5 Å². The van der Waals surface area contributed by atoms with Crippen LogP contribution < -0.4 is 5.32 Å². The number of anilines is 1. The van der Waals surface area contributed by atoms with E-state index in [4.69, 9.17) is 23.2 Å². The zero-order chi connectivity index (χ0) is 13.7. The summed E-state index contributed by atoms with van der Waals surface area (Å²) >= 11 is 11.8. The Bertz CT molecular complexity index is 570. The summed E-state index contributed by atoms with van der Waals surface area (Å²) in [4.78, 5) is 11.8. The molecule has 98 valence electrons. The number of benzene rings is 2. The number of amides is 1. The number of hydrogen-bond acceptors (Lipinski definition) is 1. The lowest BCUT2D eigenvalue weighted by Crippen LogP contribution is -2.12. The second-order valence-corrected chi connectivity index (χ2v) is 4.98. The third-order valence-electron chi connectivity index (χ3n) is 2.68. The first-order valence-electron chi connectivity index (χ1n) is 5.94. The fourth-order valence-corrected chi connectivity index (χ4v) is 2.02. The predicted molar refractivity (Wildman–Crippen MR) is 79.9 cm³/mol. The Morgan fingerprint density at radius 2 is 1.74 bits per heavy atom. The molecule has 0 aliphatic heterocycles. The zero-order valence-corrected chi connectivity index (χ0v) is 11.7. The molecule has 0 bridgehead atoms. The van der Waals surface area contributed by atoms with Crippen LogP contribution in [0.1, 0.15) is 12.0 Å². The summed E-state index contributed by atoms with van der Waals surface area (Å²) in [7, 11) is 0. The molecule has 0 fully saturated rings. The van der Waals surface area contributed by atoms with Gasteiger partial charge in [0.1, 0.15) is 0 Å². The summed E-state index contributed by atoms with van der Waals surface area (Å²) in [5, 5.41) is 3.88. The Kier molecular flexibility index (Phi) is 4.83. The third-order valence-corrected chi connectivity index (χ3v) is 3.42. The first-order valence-corrected chi connectivity index (χ1v) is 6.69. The van der Waals surface area contributed by atoms with Crippen LogP contribution in [0.4, 0.5) is 5.69 Å². The number of aryl methyl sites for hydroxylation is 1. The minimum absolute atomic E-state index is 0.0164. The van der Waals surface area contributed by atoms with Crippen molar-refractivity contribution in [1.82, 2.24) is 0 Å². The molecule has 0 unspecified atom stereocenters. The normalized spacial score (nSPS) is 10.2. The van der Waals surface area contributed by atoms with E-state index >= 15 is 0 Å². The molecule has 0 atom stereocenters. The molecule has 2 nitrogen and oxygen atoms in total. The van der Waals surface area contributed by atoms with E-state index in [2.05, 4.69) is 5.32 Å². The standard InChI is InChI=1S/C15H13Cl2NO/c16-13-8-6-11(10-14(13)17)7-9-15(19)18-12-4-2-1-3-5-12/h1-6,8,10H,7,9H2,(H,18,19). The van der Waals surface area contributed by atoms with Gasteiger partial charge in [-0.2, -0.15) is 0 Å². The highest BCUT2D eigenvalue weighted by Gasteiger charge is 2.04. The van der Waals surface area contributed by atoms with Gasteiger partial charge in [0.15, 0.2) is 0 Å². The summed E-state index contributed by atoms with van der Waals surface area (Å²) < 4.78 is 0. The molecule has 0 radical (unpaired) electrons. The molecule has 0 aliphatic carbocycles. The number of para-hydroxylation sites is 1. The Morgan fingerprint density at radius 1 is 1.00 bits per heavy atom. The fourth-order valence-electron chi connectivity index (χ4n) is 1.70. The van der Waals surface area contributed by atoms with Gasteiger partial charge in [0.05, 0.1) is 10.0 Å². The molecular weight excluding hydrogens is 281 g/mol. The highest BCUT2D eigenvalue weighted by atomic mass is 35.5. The molecule has 0 aliphatic rings. The molecule has 19 heavy (non-hydrogen) atoms. The Hall–Kier alpha value is -1.51. The zero-order valence-electron chi connectivity index (χ0n) is 10.2. The van der Waals surface area contributed by atoms with Crippen LogP contribution in [0.25, 0.3) is 0 Å². The van der Waals surface area contributed by atoms with Gasteiger partial charge >= 0.3 is 0 Å². The van der Waals surface area contributed by atoms with Crippen molar-refractivity contribution >= 4 is 34.8 Å². The van der Waals surface area contributed by atoms with E-state index < -0.39 is 0 Å². The molecule has 1 N–H and O–H groups in total. The molecule has 1 amide bonds. The Balaban J connectivity index is 1.88. The van der Waals surface area contributed by atoms with Gasteiger partial charge in [0.2, 0.25) is 5.91 Å². The maximum atomic E-state index is 11.8. The highest BCUT2D eigenvalue weighted by molar-refractivity contribution is 6.42. The van der Waals surface area contributed by atoms with E-state index in [0.29, 0.717) is 22.9 Å². The van der Waals surface area contributed by atoms with Crippen molar-refractivity contribution in [2.45, 2.75) is 12.8 Å². The predicted octanol–water partition coefficient (Wildman–Crippen LogP) is 4.56. The SMILES string of the molecule is O=C(CCc1ccc(Cl)c(Cl)c1)Nc1ccccc1. The van der Waals surface area contributed by atoms with Gasteiger partial charge < -0.3 is 5.32 Å². The van der Waals surface area contributed by atoms with Gasteiger partial charge in [0.25, 0.3) is 0 Å². The third kappa shape index (κ3) is 4.27. The van der Waals surface area contributed by atoms with Crippen LogP contribution in [0.2, 0.25) is 10.0 Å². The van der Waals surface area contributed by atoms with E-state index in [1.54, 1.807) is 12.1 Å². The van der Waals surface area contributed by atoms with Crippen LogP contribution in [0.3, 0.4) is 0 Å². The Morgan fingerprint density at radius 3 is 2.42 bits per heavy atom. The second-order valence-electron chi connectivity index (χ2n) is 4.16. The van der Waals surface area contributed by atoms with Crippen molar-refractivity contribution in [3.8, 4) is 0 Å². The number of nitrogens with one attached hydrogen (secondary N) is 1. The van der Waals surface area contributed by atoms with Crippen molar-refractivity contribution in [2.24, 2.45) is 0 Å². The van der Waals surface area contributed by atoms with Crippen LogP contribution in [0.5, 0.6) is 0 Å². The van der Waals surface area contributed by atoms with E-state index in [0.717, 1.165) is 11.3 Å². The lowest BCUT2D eigenvalue weighted by molar-refractivity contribution is -0.116. The molecule has 4 heteroatoms. The van der Waals surface area contributed by atoms with Crippen LogP contribution in [-0.2, 0) is 11.2 Å². The molecule has 0 saturated carbocycles. The number of hydrogen-bond donors (Lipinski definition) is 1. The lowest BCUT2D eigenvalue weighted by Gasteiger charge is -2.05. The molecule has 2 aromatic rings. The summed E-state index contributed by atoms with van der Waals surface area (Å²) in [6, 6.07) is 14.8. The first kappa shape index (κ1) is 13.9. The van der Waals surface area contributed by atoms with Crippen molar-refractivity contribution < 1.29 is 4.79 Å². The quantitative estimate of drug-likeness (QED) is 0.879. The van der Waals surface area contributed by atoms with E-state index in [1.807, 2.05) is 36.4 Å². The van der Waals surface area contributed by atoms with Gasteiger partial charge in [0, 0.05) is 12.1 Å². The van der Waals surface area contributed by atoms with Crippen LogP contribution >= 0.6 is 23.2 Å². The fraction of sp³-hybridized carbons (Fsp3) is 0.133. The van der Waals surface area contributed by atoms with Gasteiger partial charge in [-0.15, -0.1) is 0 Å². The van der Waals surface area contributed by atoms with Gasteiger partial charge in [-0.1, -0.05) is 47.5 Å². The number of carbonyl (C=O) groups is 1. The number of carbonyl (C=O) groups excluding carboxylic acids is 1. The molecule has 0 spiro atoms. The number of rotatable bonds is 4. The van der Waals surface area contributed by atoms with Gasteiger partial charge in [-0.25, -0.2) is 0 Å². The van der Waals surface area contributed by atoms with Gasteiger partial charge in [-0.05, 0) is 36.2 Å². The molecule has 2 rings (SSSR count). The summed E-state index contributed by atoms with van der Waals surface area (Å²) in [5.74, 6) is -0.0164. The Labute approximate surface area is 122 Å². The summed E-state index contributed by atoms with van der Waals surface area (Å²) in [5.41, 5.74) is 1.80. The maximum Gasteiger partial charge on any atom is 0.224 e. The molecule has 2 aromatic carbocycles.